The minimum atomic E-state index is -0.327. The van der Waals surface area contributed by atoms with E-state index in [2.05, 4.69) is 19.8 Å². The molecule has 0 aromatic carbocycles. The first-order chi connectivity index (χ1) is 13.1. The van der Waals surface area contributed by atoms with E-state index in [1.54, 1.807) is 12.4 Å². The summed E-state index contributed by atoms with van der Waals surface area (Å²) >= 11 is 0. The lowest BCUT2D eigenvalue weighted by atomic mass is 9.78. The van der Waals surface area contributed by atoms with Crippen molar-refractivity contribution < 1.29 is 9.59 Å². The van der Waals surface area contributed by atoms with Crippen LogP contribution < -0.4 is 4.90 Å². The van der Waals surface area contributed by atoms with Gasteiger partial charge in [0.25, 0.3) is 0 Å². The maximum Gasteiger partial charge on any atom is 0.236 e. The largest absolute Gasteiger partial charge is 0.345 e. The van der Waals surface area contributed by atoms with Crippen molar-refractivity contribution >= 4 is 17.8 Å². The number of nitrogens with zero attached hydrogens (tertiary/aromatic N) is 6. The van der Waals surface area contributed by atoms with Gasteiger partial charge in [0.05, 0.1) is 12.0 Å². The van der Waals surface area contributed by atoms with E-state index in [0.29, 0.717) is 19.6 Å². The Labute approximate surface area is 160 Å². The van der Waals surface area contributed by atoms with Gasteiger partial charge in [-0.3, -0.25) is 14.5 Å². The van der Waals surface area contributed by atoms with Crippen molar-refractivity contribution in [3.05, 3.63) is 18.5 Å². The van der Waals surface area contributed by atoms with Gasteiger partial charge in [-0.25, -0.2) is 9.97 Å². The molecule has 0 unspecified atom stereocenters. The Morgan fingerprint density at radius 2 is 1.81 bits per heavy atom. The molecular formula is C19H28N6O2. The minimum Gasteiger partial charge on any atom is -0.345 e. The van der Waals surface area contributed by atoms with Crippen LogP contribution in [0.3, 0.4) is 0 Å². The summed E-state index contributed by atoms with van der Waals surface area (Å²) < 4.78 is 0. The number of piperazine rings is 1. The van der Waals surface area contributed by atoms with Crippen LogP contribution in [0.5, 0.6) is 0 Å². The quantitative estimate of drug-likeness (QED) is 0.748. The van der Waals surface area contributed by atoms with E-state index in [-0.39, 0.29) is 17.2 Å². The maximum atomic E-state index is 12.8. The minimum absolute atomic E-state index is 0.150. The Balaban J connectivity index is 1.29. The van der Waals surface area contributed by atoms with Gasteiger partial charge >= 0.3 is 0 Å². The summed E-state index contributed by atoms with van der Waals surface area (Å²) in [6.45, 7) is 5.86. The molecule has 1 aromatic heterocycles. The number of likely N-dealkylation sites (tertiary alicyclic amines) is 2. The SMILES string of the molecule is CN1CCC[C@@]2(CCN(C(=O)CN3CCN(c4ncccn4)CC3)C2)C1=O. The summed E-state index contributed by atoms with van der Waals surface area (Å²) in [6, 6.07) is 1.82. The second kappa shape index (κ2) is 7.42. The highest BCUT2D eigenvalue weighted by Gasteiger charge is 2.48. The van der Waals surface area contributed by atoms with Crippen LogP contribution in [0.15, 0.2) is 18.5 Å². The topological polar surface area (TPSA) is 72.9 Å². The summed E-state index contributed by atoms with van der Waals surface area (Å²) in [5.74, 6) is 1.13. The molecule has 1 spiro atoms. The molecule has 3 aliphatic heterocycles. The van der Waals surface area contributed by atoms with Crippen molar-refractivity contribution in [1.29, 1.82) is 0 Å². The van der Waals surface area contributed by atoms with Crippen LogP contribution in [-0.4, -0.2) is 95.9 Å². The highest BCUT2D eigenvalue weighted by Crippen LogP contribution is 2.39. The van der Waals surface area contributed by atoms with Crippen molar-refractivity contribution in [3.63, 3.8) is 0 Å². The molecule has 0 bridgehead atoms. The first-order valence-corrected chi connectivity index (χ1v) is 9.85. The van der Waals surface area contributed by atoms with Crippen LogP contribution in [0.2, 0.25) is 0 Å². The number of carbonyl (C=O) groups is 2. The zero-order valence-corrected chi connectivity index (χ0v) is 16.0. The molecule has 2 amide bonds. The van der Waals surface area contributed by atoms with Crippen molar-refractivity contribution in [2.75, 3.05) is 64.3 Å². The van der Waals surface area contributed by atoms with E-state index in [0.717, 1.165) is 57.9 Å². The summed E-state index contributed by atoms with van der Waals surface area (Å²) in [4.78, 5) is 42.1. The van der Waals surface area contributed by atoms with Gasteiger partial charge in [-0.05, 0) is 25.3 Å². The number of aromatic nitrogens is 2. The molecule has 8 heteroatoms. The molecule has 3 fully saturated rings. The molecule has 3 aliphatic rings. The first-order valence-electron chi connectivity index (χ1n) is 9.85. The highest BCUT2D eigenvalue weighted by atomic mass is 16.2. The third-order valence-electron chi connectivity index (χ3n) is 6.22. The lowest BCUT2D eigenvalue weighted by Gasteiger charge is -2.37. The number of carbonyl (C=O) groups excluding carboxylic acids is 2. The third kappa shape index (κ3) is 3.63. The number of hydrogen-bond donors (Lipinski definition) is 0. The van der Waals surface area contributed by atoms with Crippen LogP contribution in [-0.2, 0) is 9.59 Å². The molecule has 0 radical (unpaired) electrons. The van der Waals surface area contributed by atoms with E-state index < -0.39 is 0 Å². The normalized spacial score (nSPS) is 26.9. The molecule has 0 saturated carbocycles. The van der Waals surface area contributed by atoms with Crippen LogP contribution in [0.1, 0.15) is 19.3 Å². The van der Waals surface area contributed by atoms with Crippen LogP contribution in [0.4, 0.5) is 5.95 Å². The molecule has 4 heterocycles. The van der Waals surface area contributed by atoms with Crippen LogP contribution in [0, 0.1) is 5.41 Å². The zero-order valence-electron chi connectivity index (χ0n) is 16.0. The zero-order chi connectivity index (χ0) is 18.9. The lowest BCUT2D eigenvalue weighted by molar-refractivity contribution is -0.144. The Hall–Kier alpha value is -2.22. The molecule has 0 aliphatic carbocycles. The van der Waals surface area contributed by atoms with Gasteiger partial charge in [0.1, 0.15) is 0 Å². The van der Waals surface area contributed by atoms with Gasteiger partial charge in [0.15, 0.2) is 0 Å². The molecule has 8 nitrogen and oxygen atoms in total. The van der Waals surface area contributed by atoms with E-state index >= 15 is 0 Å². The van der Waals surface area contributed by atoms with Crippen molar-refractivity contribution in [3.8, 4) is 0 Å². The van der Waals surface area contributed by atoms with Crippen LogP contribution >= 0.6 is 0 Å². The number of hydrogen-bond acceptors (Lipinski definition) is 6. The average molecular weight is 372 g/mol. The Morgan fingerprint density at radius 3 is 2.56 bits per heavy atom. The molecular weight excluding hydrogens is 344 g/mol. The van der Waals surface area contributed by atoms with E-state index in [1.165, 1.54) is 0 Å². The number of amides is 2. The van der Waals surface area contributed by atoms with Crippen molar-refractivity contribution in [2.45, 2.75) is 19.3 Å². The Kier molecular flexibility index (Phi) is 4.99. The predicted molar refractivity (Wildman–Crippen MR) is 101 cm³/mol. The monoisotopic (exact) mass is 372 g/mol. The standard InChI is InChI=1S/C19H28N6O2/c1-22-8-2-4-19(17(22)27)5-9-25(15-19)16(26)14-23-10-12-24(13-11-23)18-20-6-3-7-21-18/h3,6-7H,2,4-5,8-15H2,1H3/t19-/m0/s1. The van der Waals surface area contributed by atoms with E-state index in [4.69, 9.17) is 0 Å². The number of anilines is 1. The molecule has 146 valence electrons. The number of rotatable bonds is 3. The summed E-state index contributed by atoms with van der Waals surface area (Å²) in [5, 5.41) is 0. The smallest absolute Gasteiger partial charge is 0.236 e. The van der Waals surface area contributed by atoms with E-state index in [9.17, 15) is 9.59 Å². The van der Waals surface area contributed by atoms with E-state index in [1.807, 2.05) is 22.9 Å². The Bertz CT molecular complexity index is 691. The van der Waals surface area contributed by atoms with Gasteiger partial charge in [0, 0.05) is 65.3 Å². The molecule has 1 aromatic rings. The van der Waals surface area contributed by atoms with Gasteiger partial charge in [-0.2, -0.15) is 0 Å². The van der Waals surface area contributed by atoms with Gasteiger partial charge < -0.3 is 14.7 Å². The lowest BCUT2D eigenvalue weighted by Crippen LogP contribution is -2.51. The molecule has 27 heavy (non-hydrogen) atoms. The summed E-state index contributed by atoms with van der Waals surface area (Å²) in [7, 11) is 1.88. The Morgan fingerprint density at radius 1 is 1.07 bits per heavy atom. The highest BCUT2D eigenvalue weighted by molar-refractivity contribution is 5.86. The fourth-order valence-corrected chi connectivity index (χ4v) is 4.58. The molecule has 4 rings (SSSR count). The fourth-order valence-electron chi connectivity index (χ4n) is 4.58. The van der Waals surface area contributed by atoms with Gasteiger partial charge in [-0.15, -0.1) is 0 Å². The average Bonchev–Trinajstić information content (AvgIpc) is 3.13. The van der Waals surface area contributed by atoms with Crippen LogP contribution in [0.25, 0.3) is 0 Å². The molecule has 1 atom stereocenters. The van der Waals surface area contributed by atoms with Gasteiger partial charge in [-0.1, -0.05) is 0 Å². The summed E-state index contributed by atoms with van der Waals surface area (Å²) in [5.41, 5.74) is -0.327. The van der Waals surface area contributed by atoms with Crippen molar-refractivity contribution in [2.24, 2.45) is 5.41 Å². The predicted octanol–water partition coefficient (Wildman–Crippen LogP) is 0.0695. The molecule has 0 N–H and O–H groups in total. The van der Waals surface area contributed by atoms with Gasteiger partial charge in [0.2, 0.25) is 17.8 Å². The van der Waals surface area contributed by atoms with Crippen molar-refractivity contribution in [1.82, 2.24) is 24.7 Å². The first kappa shape index (κ1) is 18.2. The maximum absolute atomic E-state index is 12.8. The second-order valence-corrected chi connectivity index (χ2v) is 7.99. The fraction of sp³-hybridized carbons (Fsp3) is 0.684. The molecule has 3 saturated heterocycles. The second-order valence-electron chi connectivity index (χ2n) is 7.99. The third-order valence-corrected chi connectivity index (χ3v) is 6.22. The summed E-state index contributed by atoms with van der Waals surface area (Å²) in [6.07, 6.45) is 6.27. The number of piperidine rings is 1.